The quantitative estimate of drug-likeness (QED) is 0.649. The molecule has 3 rings (SSSR count). The van der Waals surface area contributed by atoms with Crippen molar-refractivity contribution in [1.29, 1.82) is 0 Å². The number of para-hydroxylation sites is 1. The first-order chi connectivity index (χ1) is 15.6. The number of carbonyl (C=O) groups excluding carboxylic acids is 3. The van der Waals surface area contributed by atoms with E-state index in [1.165, 1.54) is 6.20 Å². The summed E-state index contributed by atoms with van der Waals surface area (Å²) in [7, 11) is 0. The highest BCUT2D eigenvalue weighted by Crippen LogP contribution is 2.20. The van der Waals surface area contributed by atoms with Gasteiger partial charge in [-0.15, -0.1) is 0 Å². The summed E-state index contributed by atoms with van der Waals surface area (Å²) in [6.07, 6.45) is 1.03. The van der Waals surface area contributed by atoms with Gasteiger partial charge in [0.25, 0.3) is 5.91 Å². The topological polar surface area (TPSA) is 110 Å². The van der Waals surface area contributed by atoms with Crippen LogP contribution in [0.5, 0.6) is 0 Å². The van der Waals surface area contributed by atoms with Crippen molar-refractivity contribution in [2.24, 2.45) is 0 Å². The Kier molecular flexibility index (Phi) is 7.75. The van der Waals surface area contributed by atoms with Gasteiger partial charge in [0.2, 0.25) is 0 Å². The lowest BCUT2D eigenvalue weighted by Crippen LogP contribution is -2.44. The van der Waals surface area contributed by atoms with Crippen LogP contribution in [0.15, 0.2) is 42.6 Å². The predicted octanol–water partition coefficient (Wildman–Crippen LogP) is 4.94. The summed E-state index contributed by atoms with van der Waals surface area (Å²) in [6, 6.07) is 9.77. The number of carbonyl (C=O) groups is 3. The Morgan fingerprint density at radius 3 is 2.39 bits per heavy atom. The standard InChI is InChI=1S/C23H27ClN4O5/c1-23(2,3)33-22(31)28-12-10-16(11-13-28)32-21(30)26-18-7-5-4-6-17(18)20(29)27-19-9-8-15(24)14-25-19/h4-9,14,16H,10-13H2,1-3H3,(H,26,30)(H,25,27,29). The van der Waals surface area contributed by atoms with Crippen LogP contribution in [0.4, 0.5) is 21.1 Å². The minimum atomic E-state index is -0.671. The van der Waals surface area contributed by atoms with Gasteiger partial charge in [0.15, 0.2) is 0 Å². The molecular weight excluding hydrogens is 448 g/mol. The van der Waals surface area contributed by atoms with Crippen molar-refractivity contribution in [3.05, 3.63) is 53.2 Å². The summed E-state index contributed by atoms with van der Waals surface area (Å²) in [4.78, 5) is 42.9. The highest BCUT2D eigenvalue weighted by atomic mass is 35.5. The molecule has 0 unspecified atom stereocenters. The molecule has 0 spiro atoms. The number of rotatable bonds is 4. The first-order valence-electron chi connectivity index (χ1n) is 10.6. The molecular formula is C23H27ClN4O5. The lowest BCUT2D eigenvalue weighted by Gasteiger charge is -2.33. The molecule has 0 aliphatic carbocycles. The van der Waals surface area contributed by atoms with Crippen LogP contribution in [0.3, 0.4) is 0 Å². The number of ether oxygens (including phenoxy) is 2. The maximum Gasteiger partial charge on any atom is 0.411 e. The number of anilines is 2. The molecule has 1 aliphatic rings. The molecule has 1 aromatic heterocycles. The molecule has 0 radical (unpaired) electrons. The van der Waals surface area contributed by atoms with E-state index in [2.05, 4.69) is 15.6 Å². The minimum Gasteiger partial charge on any atom is -0.446 e. The zero-order valence-corrected chi connectivity index (χ0v) is 19.5. The van der Waals surface area contributed by atoms with Gasteiger partial charge in [0, 0.05) is 32.1 Å². The van der Waals surface area contributed by atoms with Crippen molar-refractivity contribution in [2.75, 3.05) is 23.7 Å². The van der Waals surface area contributed by atoms with Crippen LogP contribution in [0.1, 0.15) is 44.0 Å². The number of amides is 3. The second-order valence-corrected chi connectivity index (χ2v) is 8.99. The first-order valence-corrected chi connectivity index (χ1v) is 11.0. The zero-order valence-electron chi connectivity index (χ0n) is 18.8. The Labute approximate surface area is 197 Å². The van der Waals surface area contributed by atoms with E-state index in [4.69, 9.17) is 21.1 Å². The number of aromatic nitrogens is 1. The van der Waals surface area contributed by atoms with Crippen LogP contribution in [0, 0.1) is 0 Å². The van der Waals surface area contributed by atoms with E-state index in [-0.39, 0.29) is 17.8 Å². The van der Waals surface area contributed by atoms with Gasteiger partial charge < -0.3 is 19.7 Å². The number of nitrogens with one attached hydrogen (secondary N) is 2. The summed E-state index contributed by atoms with van der Waals surface area (Å²) in [5.41, 5.74) is -0.000680. The third-order valence-corrected chi connectivity index (χ3v) is 4.97. The van der Waals surface area contributed by atoms with E-state index in [1.54, 1.807) is 41.3 Å². The number of piperidine rings is 1. The number of hydrogen-bond acceptors (Lipinski definition) is 6. The Balaban J connectivity index is 1.53. The normalized spacial score (nSPS) is 14.4. The molecule has 1 aliphatic heterocycles. The van der Waals surface area contributed by atoms with Crippen LogP contribution >= 0.6 is 11.6 Å². The lowest BCUT2D eigenvalue weighted by atomic mass is 10.1. The molecule has 1 saturated heterocycles. The second kappa shape index (κ2) is 10.5. The molecule has 3 amide bonds. The molecule has 2 heterocycles. The number of pyridine rings is 1. The highest BCUT2D eigenvalue weighted by molar-refractivity contribution is 6.30. The lowest BCUT2D eigenvalue weighted by molar-refractivity contribution is 0.00793. The monoisotopic (exact) mass is 474 g/mol. The first kappa shape index (κ1) is 24.3. The van der Waals surface area contributed by atoms with Crippen molar-refractivity contribution >= 4 is 41.2 Å². The molecule has 176 valence electrons. The Morgan fingerprint density at radius 1 is 1.06 bits per heavy atom. The average molecular weight is 475 g/mol. The molecule has 9 nitrogen and oxygen atoms in total. The van der Waals surface area contributed by atoms with Crippen LogP contribution in [0.25, 0.3) is 0 Å². The highest BCUT2D eigenvalue weighted by Gasteiger charge is 2.28. The largest absolute Gasteiger partial charge is 0.446 e. The molecule has 0 atom stereocenters. The van der Waals surface area contributed by atoms with E-state index < -0.39 is 17.6 Å². The van der Waals surface area contributed by atoms with Crippen LogP contribution in [0.2, 0.25) is 5.02 Å². The van der Waals surface area contributed by atoms with Crippen molar-refractivity contribution in [2.45, 2.75) is 45.3 Å². The van der Waals surface area contributed by atoms with E-state index in [0.29, 0.717) is 42.5 Å². The maximum absolute atomic E-state index is 12.7. The number of benzene rings is 1. The second-order valence-electron chi connectivity index (χ2n) is 8.56. The van der Waals surface area contributed by atoms with E-state index >= 15 is 0 Å². The molecule has 2 aromatic rings. The van der Waals surface area contributed by atoms with Crippen LogP contribution < -0.4 is 10.6 Å². The number of likely N-dealkylation sites (tertiary alicyclic amines) is 1. The van der Waals surface area contributed by atoms with Gasteiger partial charge in [-0.05, 0) is 45.0 Å². The minimum absolute atomic E-state index is 0.256. The van der Waals surface area contributed by atoms with Gasteiger partial charge >= 0.3 is 12.2 Å². The van der Waals surface area contributed by atoms with Crippen molar-refractivity contribution in [1.82, 2.24) is 9.88 Å². The third kappa shape index (κ3) is 7.35. The summed E-state index contributed by atoms with van der Waals surface area (Å²) in [5.74, 6) is -0.107. The van der Waals surface area contributed by atoms with E-state index in [9.17, 15) is 14.4 Å². The summed E-state index contributed by atoms with van der Waals surface area (Å²) < 4.78 is 10.9. The SMILES string of the molecule is CC(C)(C)OC(=O)N1CCC(OC(=O)Nc2ccccc2C(=O)Nc2ccc(Cl)cn2)CC1. The molecule has 33 heavy (non-hydrogen) atoms. The fourth-order valence-electron chi connectivity index (χ4n) is 3.20. The van der Waals surface area contributed by atoms with Crippen LogP contribution in [-0.4, -0.2) is 52.8 Å². The molecule has 0 bridgehead atoms. The Bertz CT molecular complexity index is 999. The van der Waals surface area contributed by atoms with E-state index in [0.717, 1.165) is 0 Å². The number of nitrogens with zero attached hydrogens (tertiary/aromatic N) is 2. The molecule has 10 heteroatoms. The fraction of sp³-hybridized carbons (Fsp3) is 0.391. The summed E-state index contributed by atoms with van der Waals surface area (Å²) in [5, 5.41) is 5.75. The maximum atomic E-state index is 12.7. The van der Waals surface area contributed by atoms with Gasteiger partial charge in [0.1, 0.15) is 17.5 Å². The van der Waals surface area contributed by atoms with Crippen LogP contribution in [-0.2, 0) is 9.47 Å². The number of hydrogen-bond donors (Lipinski definition) is 2. The fourth-order valence-corrected chi connectivity index (χ4v) is 3.31. The van der Waals surface area contributed by atoms with Gasteiger partial charge in [-0.3, -0.25) is 10.1 Å². The third-order valence-electron chi connectivity index (χ3n) is 4.74. The smallest absolute Gasteiger partial charge is 0.411 e. The van der Waals surface area contributed by atoms with Gasteiger partial charge in [-0.2, -0.15) is 0 Å². The average Bonchev–Trinajstić information content (AvgIpc) is 2.75. The molecule has 1 aromatic carbocycles. The summed E-state index contributed by atoms with van der Waals surface area (Å²) >= 11 is 5.81. The zero-order chi connectivity index (χ0) is 24.0. The van der Waals surface area contributed by atoms with Crippen molar-refractivity contribution in [3.63, 3.8) is 0 Å². The molecule has 0 saturated carbocycles. The summed E-state index contributed by atoms with van der Waals surface area (Å²) in [6.45, 7) is 6.30. The van der Waals surface area contributed by atoms with Gasteiger partial charge in [-0.1, -0.05) is 23.7 Å². The van der Waals surface area contributed by atoms with E-state index in [1.807, 2.05) is 20.8 Å². The predicted molar refractivity (Wildman–Crippen MR) is 125 cm³/mol. The van der Waals surface area contributed by atoms with Gasteiger partial charge in [0.05, 0.1) is 16.3 Å². The number of halogens is 1. The Morgan fingerprint density at radius 2 is 1.76 bits per heavy atom. The molecule has 2 N–H and O–H groups in total. The van der Waals surface area contributed by atoms with Crippen molar-refractivity contribution < 1.29 is 23.9 Å². The van der Waals surface area contributed by atoms with Gasteiger partial charge in [-0.25, -0.2) is 14.6 Å². The van der Waals surface area contributed by atoms with Crippen molar-refractivity contribution in [3.8, 4) is 0 Å². The Hall–Kier alpha value is -3.33. The molecule has 1 fully saturated rings.